The predicted molar refractivity (Wildman–Crippen MR) is 106 cm³/mol. The number of methoxy groups -OCH3 is 1. The van der Waals surface area contributed by atoms with Gasteiger partial charge in [0.15, 0.2) is 11.5 Å². The van der Waals surface area contributed by atoms with Gasteiger partial charge >= 0.3 is 11.9 Å². The van der Waals surface area contributed by atoms with E-state index in [9.17, 15) is 0 Å². The fourth-order valence-electron chi connectivity index (χ4n) is 2.78. The molecule has 0 saturated carbocycles. The summed E-state index contributed by atoms with van der Waals surface area (Å²) in [6, 6.07) is 7.84. The summed E-state index contributed by atoms with van der Waals surface area (Å²) in [5.74, 6) is -1.98. The van der Waals surface area contributed by atoms with E-state index in [1.165, 1.54) is 52.0 Å². The second-order valence-corrected chi connectivity index (χ2v) is 6.67. The number of carboxylic acids is 2. The molecule has 0 bridgehead atoms. The minimum atomic E-state index is -1.82. The van der Waals surface area contributed by atoms with E-state index in [2.05, 4.69) is 16.8 Å². The number of hydrogen-bond acceptors (Lipinski definition) is 6. The van der Waals surface area contributed by atoms with Gasteiger partial charge in [-0.25, -0.2) is 9.59 Å². The van der Waals surface area contributed by atoms with E-state index < -0.39 is 11.9 Å². The molecule has 1 fully saturated rings. The molecule has 8 nitrogen and oxygen atoms in total. The molecular weight excluding hydrogens is 364 g/mol. The highest BCUT2D eigenvalue weighted by Crippen LogP contribution is 2.25. The van der Waals surface area contributed by atoms with E-state index in [0.717, 1.165) is 24.5 Å². The third-order valence-corrected chi connectivity index (χ3v) is 4.47. The molecule has 0 atom stereocenters. The third kappa shape index (κ3) is 10.1. The van der Waals surface area contributed by atoms with E-state index >= 15 is 0 Å². The number of rotatable bonds is 9. The second-order valence-electron chi connectivity index (χ2n) is 6.67. The van der Waals surface area contributed by atoms with Crippen molar-refractivity contribution in [3.05, 3.63) is 24.3 Å². The van der Waals surface area contributed by atoms with Crippen molar-refractivity contribution in [2.24, 2.45) is 0 Å². The van der Waals surface area contributed by atoms with Gasteiger partial charge in [-0.2, -0.15) is 0 Å². The van der Waals surface area contributed by atoms with Crippen molar-refractivity contribution in [1.82, 2.24) is 9.80 Å². The van der Waals surface area contributed by atoms with E-state index in [1.807, 2.05) is 24.3 Å². The summed E-state index contributed by atoms with van der Waals surface area (Å²) in [7, 11) is 3.89. The number of carbonyl (C=O) groups is 2. The van der Waals surface area contributed by atoms with Gasteiger partial charge in [-0.1, -0.05) is 25.0 Å². The minimum Gasteiger partial charge on any atom is -0.493 e. The lowest BCUT2D eigenvalue weighted by atomic mass is 10.2. The molecule has 0 aliphatic carbocycles. The van der Waals surface area contributed by atoms with Gasteiger partial charge in [0, 0.05) is 26.2 Å². The molecule has 8 heteroatoms. The van der Waals surface area contributed by atoms with Gasteiger partial charge in [0.05, 0.1) is 13.7 Å². The minimum absolute atomic E-state index is 0.773. The number of nitrogens with zero attached hydrogens (tertiary/aromatic N) is 2. The monoisotopic (exact) mass is 396 g/mol. The predicted octanol–water partition coefficient (Wildman–Crippen LogP) is 2.04. The van der Waals surface area contributed by atoms with Crippen molar-refractivity contribution in [1.29, 1.82) is 0 Å². The summed E-state index contributed by atoms with van der Waals surface area (Å²) in [6.45, 7) is 6.91. The van der Waals surface area contributed by atoms with Gasteiger partial charge in [-0.15, -0.1) is 0 Å². The zero-order valence-electron chi connectivity index (χ0n) is 16.8. The van der Waals surface area contributed by atoms with Gasteiger partial charge in [0.1, 0.15) is 0 Å². The molecule has 1 aliphatic rings. The van der Waals surface area contributed by atoms with Gasteiger partial charge in [0.25, 0.3) is 0 Å². The Labute approximate surface area is 166 Å². The molecule has 0 amide bonds. The van der Waals surface area contributed by atoms with Gasteiger partial charge < -0.3 is 29.5 Å². The Hall–Kier alpha value is -2.32. The maximum absolute atomic E-state index is 9.10. The third-order valence-electron chi connectivity index (χ3n) is 4.47. The average molecular weight is 396 g/mol. The van der Waals surface area contributed by atoms with Crippen LogP contribution in [0, 0.1) is 0 Å². The number of para-hydroxylation sites is 2. The van der Waals surface area contributed by atoms with Crippen LogP contribution in [0.5, 0.6) is 11.5 Å². The molecule has 0 aromatic heterocycles. The summed E-state index contributed by atoms with van der Waals surface area (Å²) in [6.07, 6.45) is 4.95. The number of benzene rings is 1. The first-order chi connectivity index (χ1) is 13.4. The molecule has 1 aliphatic heterocycles. The number of ether oxygens (including phenoxy) is 2. The highest BCUT2D eigenvalue weighted by molar-refractivity contribution is 6.27. The molecule has 1 aromatic rings. The number of carboxylic acid groups (broad SMARTS) is 2. The summed E-state index contributed by atoms with van der Waals surface area (Å²) >= 11 is 0. The van der Waals surface area contributed by atoms with Crippen LogP contribution in [0.4, 0.5) is 0 Å². The smallest absolute Gasteiger partial charge is 0.414 e. The molecule has 2 rings (SSSR count). The van der Waals surface area contributed by atoms with Crippen molar-refractivity contribution < 1.29 is 29.3 Å². The van der Waals surface area contributed by atoms with Crippen LogP contribution in [0.25, 0.3) is 0 Å². The second kappa shape index (κ2) is 13.8. The van der Waals surface area contributed by atoms with Crippen molar-refractivity contribution in [2.45, 2.75) is 25.7 Å². The van der Waals surface area contributed by atoms with Gasteiger partial charge in [-0.05, 0) is 38.6 Å². The van der Waals surface area contributed by atoms with Gasteiger partial charge in [0.2, 0.25) is 0 Å². The molecule has 0 radical (unpaired) electrons. The molecule has 1 saturated heterocycles. The fraction of sp³-hybridized carbons (Fsp3) is 0.600. The zero-order valence-corrected chi connectivity index (χ0v) is 16.8. The maximum Gasteiger partial charge on any atom is 0.414 e. The van der Waals surface area contributed by atoms with Crippen LogP contribution in [-0.4, -0.2) is 85.4 Å². The summed E-state index contributed by atoms with van der Waals surface area (Å²) < 4.78 is 11.1. The average Bonchev–Trinajstić information content (AvgIpc) is 2.69. The van der Waals surface area contributed by atoms with E-state index in [1.54, 1.807) is 7.11 Å². The van der Waals surface area contributed by atoms with Crippen molar-refractivity contribution >= 4 is 11.9 Å². The first-order valence-electron chi connectivity index (χ1n) is 9.57. The first-order valence-corrected chi connectivity index (χ1v) is 9.57. The Morgan fingerprint density at radius 3 is 2.07 bits per heavy atom. The van der Waals surface area contributed by atoms with E-state index in [0.29, 0.717) is 0 Å². The van der Waals surface area contributed by atoms with Crippen molar-refractivity contribution in [3.8, 4) is 11.5 Å². The SMILES string of the molecule is COc1ccccc1OCCCCCCN1CCN(C)CC1.O=C(O)C(=O)O. The quantitative estimate of drug-likeness (QED) is 0.483. The van der Waals surface area contributed by atoms with Crippen LogP contribution in [0.15, 0.2) is 24.3 Å². The van der Waals surface area contributed by atoms with Crippen molar-refractivity contribution in [3.63, 3.8) is 0 Å². The highest BCUT2D eigenvalue weighted by Gasteiger charge is 2.12. The number of hydrogen-bond donors (Lipinski definition) is 2. The number of likely N-dealkylation sites (N-methyl/N-ethyl adjacent to an activating group) is 1. The summed E-state index contributed by atoms with van der Waals surface area (Å²) in [5, 5.41) is 14.8. The lowest BCUT2D eigenvalue weighted by molar-refractivity contribution is -0.159. The molecule has 1 aromatic carbocycles. The molecule has 2 N–H and O–H groups in total. The maximum atomic E-state index is 9.10. The van der Waals surface area contributed by atoms with Crippen LogP contribution < -0.4 is 9.47 Å². The largest absolute Gasteiger partial charge is 0.493 e. The van der Waals surface area contributed by atoms with Crippen LogP contribution in [-0.2, 0) is 9.59 Å². The first kappa shape index (κ1) is 23.7. The Morgan fingerprint density at radius 2 is 1.50 bits per heavy atom. The molecule has 1 heterocycles. The van der Waals surface area contributed by atoms with Crippen LogP contribution in [0.2, 0.25) is 0 Å². The zero-order chi connectivity index (χ0) is 20.8. The Balaban J connectivity index is 0.000000568. The molecule has 0 spiro atoms. The molecule has 0 unspecified atom stereocenters. The highest BCUT2D eigenvalue weighted by atomic mass is 16.5. The number of aliphatic carboxylic acids is 2. The topological polar surface area (TPSA) is 99.5 Å². The summed E-state index contributed by atoms with van der Waals surface area (Å²) in [5.41, 5.74) is 0. The molecule has 28 heavy (non-hydrogen) atoms. The summed E-state index contributed by atoms with van der Waals surface area (Å²) in [4.78, 5) is 23.2. The lowest BCUT2D eigenvalue weighted by Crippen LogP contribution is -2.44. The Morgan fingerprint density at radius 1 is 0.929 bits per heavy atom. The normalized spacial score (nSPS) is 14.6. The number of piperazine rings is 1. The van der Waals surface area contributed by atoms with Crippen LogP contribution in [0.1, 0.15) is 25.7 Å². The van der Waals surface area contributed by atoms with Gasteiger partial charge in [-0.3, -0.25) is 0 Å². The van der Waals surface area contributed by atoms with Crippen molar-refractivity contribution in [2.75, 3.05) is 53.5 Å². The van der Waals surface area contributed by atoms with Crippen LogP contribution in [0.3, 0.4) is 0 Å². The van der Waals surface area contributed by atoms with Crippen LogP contribution >= 0.6 is 0 Å². The van der Waals surface area contributed by atoms with E-state index in [-0.39, 0.29) is 0 Å². The molecular formula is C20H32N2O6. The number of unbranched alkanes of at least 4 members (excludes halogenated alkanes) is 3. The molecule has 158 valence electrons. The standard InChI is InChI=1S/C18H30N2O2.C2H2O4/c1-19-12-14-20(15-13-19)11-7-3-4-8-16-22-18-10-6-5-9-17(18)21-2;3-1(4)2(5)6/h5-6,9-10H,3-4,7-8,11-16H2,1-2H3;(H,3,4)(H,5,6). The lowest BCUT2D eigenvalue weighted by Gasteiger charge is -2.32. The fourth-order valence-corrected chi connectivity index (χ4v) is 2.78. The Kier molecular flexibility index (Phi) is 11.7. The Bertz CT molecular complexity index is 576. The van der Waals surface area contributed by atoms with E-state index in [4.69, 9.17) is 29.3 Å².